The highest BCUT2D eigenvalue weighted by atomic mass is 16.3. The zero-order chi connectivity index (χ0) is 10.4. The Morgan fingerprint density at radius 3 is 2.36 bits per heavy atom. The summed E-state index contributed by atoms with van der Waals surface area (Å²) >= 11 is 0. The van der Waals surface area contributed by atoms with Gasteiger partial charge in [0.1, 0.15) is 0 Å². The lowest BCUT2D eigenvalue weighted by Gasteiger charge is -2.47. The molecule has 0 aromatic heterocycles. The molecule has 3 atom stereocenters. The maximum absolute atomic E-state index is 10.6. The van der Waals surface area contributed by atoms with E-state index in [9.17, 15) is 5.11 Å². The number of rotatable bonds is 2. The van der Waals surface area contributed by atoms with E-state index in [0.717, 1.165) is 19.3 Å². The lowest BCUT2D eigenvalue weighted by molar-refractivity contribution is -0.0671. The summed E-state index contributed by atoms with van der Waals surface area (Å²) in [6, 6.07) is 0.987. The number of hydrogen-bond acceptors (Lipinski definition) is 3. The van der Waals surface area contributed by atoms with Crippen molar-refractivity contribution in [1.29, 1.82) is 0 Å². The molecular weight excluding hydrogens is 176 g/mol. The fourth-order valence-corrected chi connectivity index (χ4v) is 2.92. The molecule has 2 heterocycles. The Morgan fingerprint density at radius 1 is 1.43 bits per heavy atom. The third kappa shape index (κ3) is 1.47. The highest BCUT2D eigenvalue weighted by molar-refractivity contribution is 5.09. The Hall–Kier alpha value is -0.120. The maximum Gasteiger partial charge on any atom is 0.0853 e. The van der Waals surface area contributed by atoms with Gasteiger partial charge in [-0.2, -0.15) is 0 Å². The van der Waals surface area contributed by atoms with Crippen LogP contribution in [0, 0.1) is 0 Å². The zero-order valence-electron chi connectivity index (χ0n) is 9.21. The van der Waals surface area contributed by atoms with E-state index in [2.05, 4.69) is 12.2 Å². The molecule has 0 aromatic rings. The standard InChI is InChI=1S/C11H22N2O/c1-3-10(2,12)11(14)6-8-4-5-9(7-11)13-8/h8-9,13-14H,3-7,12H2,1-2H3. The van der Waals surface area contributed by atoms with Crippen LogP contribution >= 0.6 is 0 Å². The molecule has 2 rings (SSSR count). The SMILES string of the molecule is CCC(C)(N)C1(O)CC2CCC(C1)N2. The summed E-state index contributed by atoms with van der Waals surface area (Å²) in [5, 5.41) is 14.1. The van der Waals surface area contributed by atoms with Crippen molar-refractivity contribution >= 4 is 0 Å². The maximum atomic E-state index is 10.6. The Bertz CT molecular complexity index is 215. The quantitative estimate of drug-likeness (QED) is 0.614. The molecule has 3 heteroatoms. The van der Waals surface area contributed by atoms with Gasteiger partial charge in [0.15, 0.2) is 0 Å². The largest absolute Gasteiger partial charge is 0.388 e. The minimum atomic E-state index is -0.654. The zero-order valence-corrected chi connectivity index (χ0v) is 9.21. The van der Waals surface area contributed by atoms with E-state index in [1.165, 1.54) is 12.8 Å². The molecule has 0 radical (unpaired) electrons. The second-order valence-corrected chi connectivity index (χ2v) is 5.35. The van der Waals surface area contributed by atoms with E-state index in [-0.39, 0.29) is 0 Å². The molecule has 0 saturated carbocycles. The molecule has 3 nitrogen and oxygen atoms in total. The lowest BCUT2D eigenvalue weighted by atomic mass is 9.72. The first kappa shape index (κ1) is 10.4. The van der Waals surface area contributed by atoms with E-state index in [0.29, 0.717) is 12.1 Å². The number of aliphatic hydroxyl groups is 1. The molecular formula is C11H22N2O. The second kappa shape index (κ2) is 3.19. The summed E-state index contributed by atoms with van der Waals surface area (Å²) < 4.78 is 0. The van der Waals surface area contributed by atoms with Gasteiger partial charge in [0.25, 0.3) is 0 Å². The van der Waals surface area contributed by atoms with Crippen LogP contribution < -0.4 is 11.1 Å². The fourth-order valence-electron chi connectivity index (χ4n) is 2.92. The monoisotopic (exact) mass is 198 g/mol. The van der Waals surface area contributed by atoms with Gasteiger partial charge in [-0.15, -0.1) is 0 Å². The van der Waals surface area contributed by atoms with Gasteiger partial charge in [0.05, 0.1) is 5.60 Å². The number of nitrogens with two attached hydrogens (primary N) is 1. The highest BCUT2D eigenvalue weighted by Gasteiger charge is 2.50. The summed E-state index contributed by atoms with van der Waals surface area (Å²) in [5.41, 5.74) is 5.11. The summed E-state index contributed by atoms with van der Waals surface area (Å²) in [6.45, 7) is 4.04. The highest BCUT2D eigenvalue weighted by Crippen LogP contribution is 2.40. The van der Waals surface area contributed by atoms with Crippen molar-refractivity contribution in [3.8, 4) is 0 Å². The molecule has 2 aliphatic rings. The van der Waals surface area contributed by atoms with Crippen LogP contribution in [0.2, 0.25) is 0 Å². The van der Waals surface area contributed by atoms with Gasteiger partial charge in [-0.1, -0.05) is 6.92 Å². The number of nitrogens with one attached hydrogen (secondary N) is 1. The van der Waals surface area contributed by atoms with Crippen molar-refractivity contribution in [3.63, 3.8) is 0 Å². The molecule has 2 fully saturated rings. The van der Waals surface area contributed by atoms with Crippen LogP contribution in [-0.4, -0.2) is 28.3 Å². The molecule has 82 valence electrons. The smallest absolute Gasteiger partial charge is 0.0853 e. The van der Waals surface area contributed by atoms with Crippen molar-refractivity contribution < 1.29 is 5.11 Å². The molecule has 3 unspecified atom stereocenters. The van der Waals surface area contributed by atoms with E-state index < -0.39 is 11.1 Å². The van der Waals surface area contributed by atoms with E-state index >= 15 is 0 Å². The molecule has 2 bridgehead atoms. The van der Waals surface area contributed by atoms with Gasteiger partial charge in [-0.25, -0.2) is 0 Å². The second-order valence-electron chi connectivity index (χ2n) is 5.35. The van der Waals surface area contributed by atoms with Crippen LogP contribution in [0.25, 0.3) is 0 Å². The van der Waals surface area contributed by atoms with Crippen LogP contribution in [0.4, 0.5) is 0 Å². The van der Waals surface area contributed by atoms with Crippen LogP contribution in [0.3, 0.4) is 0 Å². The average molecular weight is 198 g/mol. The lowest BCUT2D eigenvalue weighted by Crippen LogP contribution is -2.64. The minimum Gasteiger partial charge on any atom is -0.388 e. The van der Waals surface area contributed by atoms with Crippen LogP contribution in [0.15, 0.2) is 0 Å². The Labute approximate surface area is 86.1 Å². The summed E-state index contributed by atoms with van der Waals surface area (Å²) in [6.07, 6.45) is 4.89. The third-order valence-electron chi connectivity index (χ3n) is 4.30. The summed E-state index contributed by atoms with van der Waals surface area (Å²) in [4.78, 5) is 0. The molecule has 0 amide bonds. The molecule has 14 heavy (non-hydrogen) atoms. The summed E-state index contributed by atoms with van der Waals surface area (Å²) in [5.74, 6) is 0. The number of piperidine rings is 1. The van der Waals surface area contributed by atoms with Gasteiger partial charge in [0.2, 0.25) is 0 Å². The molecule has 2 saturated heterocycles. The van der Waals surface area contributed by atoms with Gasteiger partial charge in [-0.3, -0.25) is 0 Å². The molecule has 0 aliphatic carbocycles. The van der Waals surface area contributed by atoms with E-state index in [4.69, 9.17) is 5.73 Å². The van der Waals surface area contributed by atoms with Gasteiger partial charge >= 0.3 is 0 Å². The predicted molar refractivity (Wildman–Crippen MR) is 57.0 cm³/mol. The first-order valence-corrected chi connectivity index (χ1v) is 5.74. The van der Waals surface area contributed by atoms with Crippen LogP contribution in [0.1, 0.15) is 46.0 Å². The minimum absolute atomic E-state index is 0.435. The number of hydrogen-bond donors (Lipinski definition) is 3. The Kier molecular flexibility index (Phi) is 2.37. The first-order chi connectivity index (χ1) is 6.47. The van der Waals surface area contributed by atoms with Crippen molar-refractivity contribution in [2.45, 2.75) is 69.2 Å². The molecule has 2 aliphatic heterocycles. The van der Waals surface area contributed by atoms with Crippen molar-refractivity contribution in [1.82, 2.24) is 5.32 Å². The molecule has 4 N–H and O–H groups in total. The first-order valence-electron chi connectivity index (χ1n) is 5.74. The van der Waals surface area contributed by atoms with Crippen molar-refractivity contribution in [2.75, 3.05) is 0 Å². The van der Waals surface area contributed by atoms with Gasteiger partial charge < -0.3 is 16.2 Å². The molecule has 0 spiro atoms. The van der Waals surface area contributed by atoms with Crippen LogP contribution in [0.5, 0.6) is 0 Å². The average Bonchev–Trinajstić information content (AvgIpc) is 2.46. The van der Waals surface area contributed by atoms with Crippen molar-refractivity contribution in [3.05, 3.63) is 0 Å². The van der Waals surface area contributed by atoms with E-state index in [1.54, 1.807) is 0 Å². The normalized spacial score (nSPS) is 46.3. The van der Waals surface area contributed by atoms with Gasteiger partial charge in [0, 0.05) is 17.6 Å². The van der Waals surface area contributed by atoms with Crippen LogP contribution in [-0.2, 0) is 0 Å². The van der Waals surface area contributed by atoms with Crippen molar-refractivity contribution in [2.24, 2.45) is 5.73 Å². The Morgan fingerprint density at radius 2 is 1.93 bits per heavy atom. The number of fused-ring (bicyclic) bond motifs is 2. The topological polar surface area (TPSA) is 58.3 Å². The Balaban J connectivity index is 2.16. The fraction of sp³-hybridized carbons (Fsp3) is 1.00. The van der Waals surface area contributed by atoms with Gasteiger partial charge in [-0.05, 0) is 39.0 Å². The predicted octanol–water partition coefficient (Wildman–Crippen LogP) is 0.759. The summed E-state index contributed by atoms with van der Waals surface area (Å²) in [7, 11) is 0. The van der Waals surface area contributed by atoms with E-state index in [1.807, 2.05) is 6.92 Å². The third-order valence-corrected chi connectivity index (χ3v) is 4.30. The molecule has 0 aromatic carbocycles.